The van der Waals surface area contributed by atoms with Crippen molar-refractivity contribution in [3.05, 3.63) is 63.8 Å². The number of hydrogen-bond donors (Lipinski definition) is 1. The molecule has 0 amide bonds. The Hall–Kier alpha value is -3.14. The SMILES string of the molecule is [2H]C1([2H])COCC([2H])([2H])N1C1([2H])C([2H])([2H])C([2H])([2H])N(c2cc3c(cc2CC)C(=O)c2c([nH]c4cc(C#N)ccc24)C3(C)C)C([2H])([2H])C1([2H])[2H]. The summed E-state index contributed by atoms with van der Waals surface area (Å²) in [6, 6.07) is 5.90. The van der Waals surface area contributed by atoms with Crippen molar-refractivity contribution in [1.82, 2.24) is 9.88 Å². The molecule has 3 aliphatic rings. The number of rotatable bonds is 3. The maximum atomic E-state index is 14.1. The zero-order chi connectivity index (χ0) is 36.7. The summed E-state index contributed by atoms with van der Waals surface area (Å²) in [5, 5.41) is 10.0. The van der Waals surface area contributed by atoms with E-state index in [0.29, 0.717) is 33.3 Å². The van der Waals surface area contributed by atoms with Crippen molar-refractivity contribution >= 4 is 22.4 Å². The number of aromatic amines is 1. The summed E-state index contributed by atoms with van der Waals surface area (Å²) >= 11 is 0. The Labute approximate surface area is 231 Å². The number of nitriles is 1. The van der Waals surface area contributed by atoms with Crippen molar-refractivity contribution < 1.29 is 27.4 Å². The number of hydrogen-bond acceptors (Lipinski definition) is 5. The zero-order valence-electron chi connectivity index (χ0n) is 33.2. The quantitative estimate of drug-likeness (QED) is 0.567. The van der Waals surface area contributed by atoms with Gasteiger partial charge < -0.3 is 14.6 Å². The highest BCUT2D eigenvalue weighted by molar-refractivity contribution is 6.20. The van der Waals surface area contributed by atoms with Crippen molar-refractivity contribution in [2.24, 2.45) is 0 Å². The summed E-state index contributed by atoms with van der Waals surface area (Å²) in [4.78, 5) is 17.6. The highest BCUT2D eigenvalue weighted by atomic mass is 16.5. The number of ether oxygens (including phenoxy) is 1. The Morgan fingerprint density at radius 2 is 1.94 bits per heavy atom. The van der Waals surface area contributed by atoms with E-state index in [-0.39, 0.29) is 38.8 Å². The van der Waals surface area contributed by atoms with Gasteiger partial charge in [0.25, 0.3) is 0 Å². The minimum atomic E-state index is -3.84. The second kappa shape index (κ2) is 8.76. The van der Waals surface area contributed by atoms with E-state index >= 15 is 0 Å². The van der Waals surface area contributed by atoms with Crippen molar-refractivity contribution in [3.63, 3.8) is 0 Å². The third kappa shape index (κ3) is 3.56. The first-order valence-electron chi connectivity index (χ1n) is 18.3. The van der Waals surface area contributed by atoms with Crippen molar-refractivity contribution in [2.45, 2.75) is 51.4 Å². The molecule has 0 saturated carbocycles. The largest absolute Gasteiger partial charge is 0.379 e. The Balaban J connectivity index is 1.60. The van der Waals surface area contributed by atoms with Crippen LogP contribution >= 0.6 is 0 Å². The van der Waals surface area contributed by atoms with Crippen LogP contribution in [0.2, 0.25) is 0 Å². The number of anilines is 1. The number of piperidine rings is 1. The van der Waals surface area contributed by atoms with Crippen LogP contribution in [-0.4, -0.2) is 60.9 Å². The number of fused-ring (bicyclic) bond motifs is 4. The van der Waals surface area contributed by atoms with Crippen LogP contribution in [-0.2, 0) is 16.6 Å². The highest BCUT2D eigenvalue weighted by Gasteiger charge is 2.40. The fraction of sp³-hybridized carbons (Fsp3) is 0.467. The second-order valence-electron chi connectivity index (χ2n) is 9.38. The van der Waals surface area contributed by atoms with Gasteiger partial charge >= 0.3 is 0 Å². The number of nitrogens with zero attached hydrogens (tertiary/aromatic N) is 3. The van der Waals surface area contributed by atoms with Gasteiger partial charge in [-0.15, -0.1) is 0 Å². The molecule has 2 saturated heterocycles. The van der Waals surface area contributed by atoms with E-state index in [9.17, 15) is 11.4 Å². The Morgan fingerprint density at radius 3 is 2.64 bits per heavy atom. The van der Waals surface area contributed by atoms with Crippen LogP contribution in [0.5, 0.6) is 0 Å². The van der Waals surface area contributed by atoms with Crippen LogP contribution in [0.1, 0.15) is 89.6 Å². The molecule has 2 fully saturated rings. The fourth-order valence-electron chi connectivity index (χ4n) is 5.06. The first-order chi connectivity index (χ1) is 22.3. The average Bonchev–Trinajstić information content (AvgIpc) is 3.38. The summed E-state index contributed by atoms with van der Waals surface area (Å²) in [5.74, 6) is -0.390. The van der Waals surface area contributed by atoms with Crippen LogP contribution in [0.25, 0.3) is 10.9 Å². The summed E-state index contributed by atoms with van der Waals surface area (Å²) in [6.45, 7) is -9.93. The number of aryl methyl sites for hydroxylation is 1. The Kier molecular flexibility index (Phi) is 3.14. The van der Waals surface area contributed by atoms with Gasteiger partial charge in [0.15, 0.2) is 5.78 Å². The number of morpholine rings is 1. The molecule has 3 heterocycles. The molecule has 0 radical (unpaired) electrons. The number of nitrogens with one attached hydrogen (secondary N) is 1. The molecule has 6 rings (SSSR count). The molecule has 6 nitrogen and oxygen atoms in total. The van der Waals surface area contributed by atoms with Gasteiger partial charge in [0.05, 0.1) is 30.4 Å². The van der Waals surface area contributed by atoms with E-state index < -0.39 is 63.4 Å². The summed E-state index contributed by atoms with van der Waals surface area (Å²) < 4.78 is 121. The van der Waals surface area contributed by atoms with Gasteiger partial charge in [0, 0.05) is 83.1 Å². The standard InChI is InChI=1S/C30H34N4O2/c1-4-20-16-23-24(17-26(20)34-9-7-21(8-10-34)33-11-13-36-14-12-33)30(2,3)29-27(28(23)35)22-6-5-19(18-31)15-25(22)32-29/h5-6,15-17,21,32H,4,7-14H2,1-3H3/i7D2,8D2,9D2,10D2,11D2,12D2,21D. The van der Waals surface area contributed by atoms with Gasteiger partial charge in [-0.1, -0.05) is 26.8 Å². The van der Waals surface area contributed by atoms with E-state index in [1.165, 1.54) is 12.1 Å². The molecular formula is C30H34N4O2. The fourth-order valence-corrected chi connectivity index (χ4v) is 5.06. The Bertz CT molecular complexity index is 1920. The molecule has 0 spiro atoms. The number of carbonyl (C=O) groups excluding carboxylic acids is 1. The zero-order valence-corrected chi connectivity index (χ0v) is 20.2. The number of carbonyl (C=O) groups is 1. The topological polar surface area (TPSA) is 72.4 Å². The van der Waals surface area contributed by atoms with Gasteiger partial charge in [-0.05, 0) is 54.6 Å². The summed E-state index contributed by atoms with van der Waals surface area (Å²) in [6.07, 6.45) is -7.57. The molecule has 2 aliphatic heterocycles. The summed E-state index contributed by atoms with van der Waals surface area (Å²) in [7, 11) is 0. The third-order valence-corrected chi connectivity index (χ3v) is 6.98. The van der Waals surface area contributed by atoms with Crippen molar-refractivity contribution in [3.8, 4) is 6.07 Å². The lowest BCUT2D eigenvalue weighted by atomic mass is 9.70. The first-order valence-corrected chi connectivity index (χ1v) is 11.8. The van der Waals surface area contributed by atoms with Crippen LogP contribution in [0, 0.1) is 11.3 Å². The van der Waals surface area contributed by atoms with E-state index in [1.54, 1.807) is 39.0 Å². The van der Waals surface area contributed by atoms with E-state index in [4.69, 9.17) is 21.2 Å². The van der Waals surface area contributed by atoms with Crippen LogP contribution in [0.4, 0.5) is 5.69 Å². The average molecular weight is 496 g/mol. The van der Waals surface area contributed by atoms with Crippen LogP contribution in [0.3, 0.4) is 0 Å². The lowest BCUT2D eigenvalue weighted by Gasteiger charge is -2.42. The lowest BCUT2D eigenvalue weighted by Crippen LogP contribution is -2.49. The van der Waals surface area contributed by atoms with Crippen molar-refractivity contribution in [1.29, 1.82) is 5.26 Å². The maximum absolute atomic E-state index is 14.1. The third-order valence-electron chi connectivity index (χ3n) is 6.98. The van der Waals surface area contributed by atoms with E-state index in [2.05, 4.69) is 11.1 Å². The minimum absolute atomic E-state index is 0.0615. The predicted molar refractivity (Wildman–Crippen MR) is 142 cm³/mol. The molecule has 0 atom stereocenters. The smallest absolute Gasteiger partial charge is 0.195 e. The lowest BCUT2D eigenvalue weighted by molar-refractivity contribution is 0.0115. The molecule has 1 N–H and O–H groups in total. The van der Waals surface area contributed by atoms with Crippen LogP contribution < -0.4 is 4.90 Å². The number of H-pyrrole nitrogens is 1. The maximum Gasteiger partial charge on any atom is 0.195 e. The molecule has 0 unspecified atom stereocenters. The van der Waals surface area contributed by atoms with Crippen molar-refractivity contribution in [2.75, 3.05) is 44.1 Å². The molecule has 2 aromatic carbocycles. The minimum Gasteiger partial charge on any atom is -0.379 e. The molecule has 36 heavy (non-hydrogen) atoms. The van der Waals surface area contributed by atoms with Crippen LogP contribution in [0.15, 0.2) is 30.3 Å². The molecule has 6 heteroatoms. The first kappa shape index (κ1) is 12.9. The second-order valence-corrected chi connectivity index (χ2v) is 9.38. The van der Waals surface area contributed by atoms with Gasteiger partial charge in [0.1, 0.15) is 0 Å². The van der Waals surface area contributed by atoms with E-state index in [1.807, 2.05) is 0 Å². The van der Waals surface area contributed by atoms with Gasteiger partial charge in [0.2, 0.25) is 0 Å². The molecule has 1 aliphatic carbocycles. The summed E-state index contributed by atoms with van der Waals surface area (Å²) in [5.41, 5.74) is 1.13. The molecular weight excluding hydrogens is 448 g/mol. The predicted octanol–water partition coefficient (Wildman–Crippen LogP) is 4.77. The van der Waals surface area contributed by atoms with Gasteiger partial charge in [-0.25, -0.2) is 0 Å². The highest BCUT2D eigenvalue weighted by Crippen LogP contribution is 2.46. The molecule has 1 aromatic heterocycles. The number of ketones is 1. The Morgan fingerprint density at radius 1 is 1.19 bits per heavy atom. The number of aromatic nitrogens is 1. The molecule has 186 valence electrons. The molecule has 0 bridgehead atoms. The van der Waals surface area contributed by atoms with E-state index in [0.717, 1.165) is 0 Å². The van der Waals surface area contributed by atoms with Gasteiger partial charge in [-0.3, -0.25) is 9.69 Å². The monoisotopic (exact) mass is 495 g/mol. The van der Waals surface area contributed by atoms with Gasteiger partial charge in [-0.2, -0.15) is 5.26 Å². The molecule has 3 aromatic rings. The normalized spacial score (nSPS) is 34.9. The number of benzene rings is 2.